The van der Waals surface area contributed by atoms with Crippen LogP contribution >= 0.6 is 0 Å². The van der Waals surface area contributed by atoms with Crippen molar-refractivity contribution in [3.8, 4) is 11.1 Å². The first-order chi connectivity index (χ1) is 10.6. The van der Waals surface area contributed by atoms with Crippen molar-refractivity contribution in [3.63, 3.8) is 0 Å². The van der Waals surface area contributed by atoms with Crippen molar-refractivity contribution in [2.45, 2.75) is 19.8 Å². The number of hydrogen-bond donors (Lipinski definition) is 1. The van der Waals surface area contributed by atoms with E-state index in [0.717, 1.165) is 30.5 Å². The summed E-state index contributed by atoms with van der Waals surface area (Å²) >= 11 is 0. The lowest BCUT2D eigenvalue weighted by Crippen LogP contribution is -2.46. The van der Waals surface area contributed by atoms with E-state index in [9.17, 15) is 9.90 Å². The Hall–Kier alpha value is -2.07. The number of aliphatic hydroxyl groups is 1. The molecule has 1 amide bonds. The van der Waals surface area contributed by atoms with Gasteiger partial charge in [0, 0.05) is 29.6 Å². The third kappa shape index (κ3) is 2.92. The Bertz CT molecular complexity index is 650. The molecule has 1 aromatic heterocycles. The van der Waals surface area contributed by atoms with Crippen molar-refractivity contribution < 1.29 is 14.3 Å². The van der Waals surface area contributed by atoms with Crippen LogP contribution in [0.2, 0.25) is 0 Å². The molecule has 4 nitrogen and oxygen atoms in total. The Morgan fingerprint density at radius 1 is 1.36 bits per heavy atom. The Morgan fingerprint density at radius 3 is 2.95 bits per heavy atom. The zero-order valence-electron chi connectivity index (χ0n) is 12.8. The maximum atomic E-state index is 12.7. The molecule has 0 spiro atoms. The van der Waals surface area contributed by atoms with Gasteiger partial charge in [0.25, 0.3) is 5.91 Å². The molecular formula is C18H21NO3. The molecule has 1 unspecified atom stereocenters. The molecule has 1 fully saturated rings. The van der Waals surface area contributed by atoms with Gasteiger partial charge in [-0.2, -0.15) is 0 Å². The minimum absolute atomic E-state index is 0.0321. The van der Waals surface area contributed by atoms with Gasteiger partial charge in [0.05, 0.1) is 19.1 Å². The summed E-state index contributed by atoms with van der Waals surface area (Å²) in [5.41, 5.74) is 2.44. The van der Waals surface area contributed by atoms with Crippen LogP contribution in [0.4, 0.5) is 0 Å². The first-order valence-electron chi connectivity index (χ1n) is 7.64. The monoisotopic (exact) mass is 299 g/mol. The predicted octanol–water partition coefficient (Wildman–Crippen LogP) is 3.18. The molecule has 1 aromatic carbocycles. The lowest BCUT2D eigenvalue weighted by molar-refractivity contribution is 0.0358. The Morgan fingerprint density at radius 2 is 2.23 bits per heavy atom. The van der Waals surface area contributed by atoms with Gasteiger partial charge in [-0.15, -0.1) is 0 Å². The van der Waals surface area contributed by atoms with Gasteiger partial charge in [0.15, 0.2) is 0 Å². The van der Waals surface area contributed by atoms with Crippen molar-refractivity contribution in [1.82, 2.24) is 4.90 Å². The summed E-state index contributed by atoms with van der Waals surface area (Å²) in [5, 5.41) is 9.54. The molecular weight excluding hydrogens is 278 g/mol. The SMILES string of the molecule is CC1(CO)CCCN(C(=O)c2cccc(-c3ccoc3)c2)C1. The molecule has 0 aliphatic carbocycles. The Kier molecular flexibility index (Phi) is 4.03. The van der Waals surface area contributed by atoms with Gasteiger partial charge in [-0.05, 0) is 36.6 Å². The number of aliphatic hydroxyl groups excluding tert-OH is 1. The van der Waals surface area contributed by atoms with Gasteiger partial charge < -0.3 is 14.4 Å². The number of piperidine rings is 1. The van der Waals surface area contributed by atoms with Crippen molar-refractivity contribution >= 4 is 5.91 Å². The molecule has 2 aromatic rings. The first kappa shape index (κ1) is 14.9. The van der Waals surface area contributed by atoms with Crippen LogP contribution in [-0.2, 0) is 0 Å². The summed E-state index contributed by atoms with van der Waals surface area (Å²) in [7, 11) is 0. The highest BCUT2D eigenvalue weighted by Gasteiger charge is 2.32. The molecule has 1 atom stereocenters. The minimum atomic E-state index is -0.184. The predicted molar refractivity (Wildman–Crippen MR) is 84.5 cm³/mol. The van der Waals surface area contributed by atoms with Gasteiger partial charge in [0.1, 0.15) is 0 Å². The third-order valence-electron chi connectivity index (χ3n) is 4.41. The van der Waals surface area contributed by atoms with Crippen LogP contribution in [0.15, 0.2) is 47.3 Å². The molecule has 2 heterocycles. The van der Waals surface area contributed by atoms with Crippen molar-refractivity contribution in [2.24, 2.45) is 5.41 Å². The number of likely N-dealkylation sites (tertiary alicyclic amines) is 1. The van der Waals surface area contributed by atoms with Gasteiger partial charge in [-0.1, -0.05) is 19.1 Å². The Balaban J connectivity index is 1.82. The summed E-state index contributed by atoms with van der Waals surface area (Å²) in [6.45, 7) is 3.52. The molecule has 1 aliphatic heterocycles. The smallest absolute Gasteiger partial charge is 0.253 e. The molecule has 22 heavy (non-hydrogen) atoms. The van der Waals surface area contributed by atoms with Crippen LogP contribution < -0.4 is 0 Å². The number of benzene rings is 1. The van der Waals surface area contributed by atoms with E-state index in [4.69, 9.17) is 4.42 Å². The number of rotatable bonds is 3. The average molecular weight is 299 g/mol. The lowest BCUT2D eigenvalue weighted by atomic mass is 9.82. The van der Waals surface area contributed by atoms with E-state index in [1.807, 2.05) is 42.2 Å². The largest absolute Gasteiger partial charge is 0.472 e. The van der Waals surface area contributed by atoms with Gasteiger partial charge in [-0.25, -0.2) is 0 Å². The van der Waals surface area contributed by atoms with Crippen LogP contribution in [0.3, 0.4) is 0 Å². The molecule has 0 radical (unpaired) electrons. The second kappa shape index (κ2) is 5.97. The van der Waals surface area contributed by atoms with Crippen LogP contribution in [0.25, 0.3) is 11.1 Å². The highest BCUT2D eigenvalue weighted by Crippen LogP contribution is 2.30. The fourth-order valence-corrected chi connectivity index (χ4v) is 3.06. The van der Waals surface area contributed by atoms with E-state index < -0.39 is 0 Å². The molecule has 1 aliphatic rings. The summed E-state index contributed by atoms with van der Waals surface area (Å²) in [5.74, 6) is 0.0321. The van der Waals surface area contributed by atoms with E-state index in [1.54, 1.807) is 12.5 Å². The van der Waals surface area contributed by atoms with E-state index >= 15 is 0 Å². The molecule has 3 rings (SSSR count). The first-order valence-corrected chi connectivity index (χ1v) is 7.64. The quantitative estimate of drug-likeness (QED) is 0.947. The zero-order chi connectivity index (χ0) is 15.6. The maximum Gasteiger partial charge on any atom is 0.253 e. The van der Waals surface area contributed by atoms with Crippen LogP contribution in [0.1, 0.15) is 30.1 Å². The van der Waals surface area contributed by atoms with Crippen LogP contribution in [-0.4, -0.2) is 35.6 Å². The van der Waals surface area contributed by atoms with Crippen molar-refractivity contribution in [3.05, 3.63) is 48.4 Å². The van der Waals surface area contributed by atoms with E-state index in [2.05, 4.69) is 0 Å². The van der Waals surface area contributed by atoms with Crippen molar-refractivity contribution in [1.29, 1.82) is 0 Å². The summed E-state index contributed by atoms with van der Waals surface area (Å²) in [6, 6.07) is 9.49. The summed E-state index contributed by atoms with van der Waals surface area (Å²) < 4.78 is 5.10. The number of carbonyl (C=O) groups is 1. The fourth-order valence-electron chi connectivity index (χ4n) is 3.06. The zero-order valence-corrected chi connectivity index (χ0v) is 12.8. The van der Waals surface area contributed by atoms with Gasteiger partial charge in [-0.3, -0.25) is 4.79 Å². The number of furan rings is 1. The Labute approximate surface area is 130 Å². The highest BCUT2D eigenvalue weighted by molar-refractivity contribution is 5.95. The normalized spacial score (nSPS) is 21.8. The van der Waals surface area contributed by atoms with Crippen molar-refractivity contribution in [2.75, 3.05) is 19.7 Å². The van der Waals surface area contributed by atoms with E-state index in [0.29, 0.717) is 12.1 Å². The molecule has 116 valence electrons. The number of amides is 1. The summed E-state index contributed by atoms with van der Waals surface area (Å²) in [6.07, 6.45) is 5.20. The average Bonchev–Trinajstić information content (AvgIpc) is 3.09. The van der Waals surface area contributed by atoms with Gasteiger partial charge >= 0.3 is 0 Å². The van der Waals surface area contributed by atoms with Crippen LogP contribution in [0, 0.1) is 5.41 Å². The third-order valence-corrected chi connectivity index (χ3v) is 4.41. The minimum Gasteiger partial charge on any atom is -0.472 e. The molecule has 0 bridgehead atoms. The topological polar surface area (TPSA) is 53.7 Å². The maximum absolute atomic E-state index is 12.7. The highest BCUT2D eigenvalue weighted by atomic mass is 16.3. The fraction of sp³-hybridized carbons (Fsp3) is 0.389. The second-order valence-corrected chi connectivity index (χ2v) is 6.39. The molecule has 1 saturated heterocycles. The summed E-state index contributed by atoms with van der Waals surface area (Å²) in [4.78, 5) is 14.6. The number of carbonyl (C=O) groups excluding carboxylic acids is 1. The molecule has 1 N–H and O–H groups in total. The molecule has 0 saturated carbocycles. The van der Waals surface area contributed by atoms with Crippen LogP contribution in [0.5, 0.6) is 0 Å². The standard InChI is InChI=1S/C18H21NO3/c1-18(13-20)7-3-8-19(12-18)17(21)15-5-2-4-14(10-15)16-6-9-22-11-16/h2,4-6,9-11,20H,3,7-8,12-13H2,1H3. The van der Waals surface area contributed by atoms with E-state index in [1.165, 1.54) is 0 Å². The van der Waals surface area contributed by atoms with Gasteiger partial charge in [0.2, 0.25) is 0 Å². The second-order valence-electron chi connectivity index (χ2n) is 6.39. The number of hydrogen-bond acceptors (Lipinski definition) is 3. The number of nitrogens with zero attached hydrogens (tertiary/aromatic N) is 1. The lowest BCUT2D eigenvalue weighted by Gasteiger charge is -2.39. The molecule has 4 heteroatoms. The van der Waals surface area contributed by atoms with E-state index in [-0.39, 0.29) is 17.9 Å².